The lowest BCUT2D eigenvalue weighted by atomic mass is 10.1. The number of aromatic nitrogens is 1. The average Bonchev–Trinajstić information content (AvgIpc) is 3.10. The summed E-state index contributed by atoms with van der Waals surface area (Å²) in [5.41, 5.74) is 1.66. The zero-order valence-corrected chi connectivity index (χ0v) is 20.3. The van der Waals surface area contributed by atoms with Crippen LogP contribution in [-0.4, -0.2) is 42.3 Å². The molecule has 0 aliphatic rings. The molecule has 1 heterocycles. The van der Waals surface area contributed by atoms with Crippen LogP contribution in [-0.2, 0) is 6.42 Å². The molecule has 1 unspecified atom stereocenters. The van der Waals surface area contributed by atoms with Crippen LogP contribution < -0.4 is 15.4 Å². The maximum atomic E-state index is 12.2. The number of halogens is 3. The molecule has 2 aromatic rings. The van der Waals surface area contributed by atoms with E-state index < -0.39 is 12.7 Å². The Morgan fingerprint density at radius 1 is 1.23 bits per heavy atom. The molecule has 0 saturated heterocycles. The number of aliphatic imine (C=N–C) groups is 1. The second kappa shape index (κ2) is 14.5. The molecule has 0 bridgehead atoms. The largest absolute Gasteiger partial charge is 0.435 e. The third-order valence-corrected chi connectivity index (χ3v) is 5.06. The third-order valence-electron chi connectivity index (χ3n) is 4.03. The molecule has 0 amide bonds. The van der Waals surface area contributed by atoms with Crippen LogP contribution in [0.25, 0.3) is 0 Å². The molecular formula is C20H29F2IN4O2S. The molecular weight excluding hydrogens is 525 g/mol. The van der Waals surface area contributed by atoms with Gasteiger partial charge in [-0.15, -0.1) is 35.3 Å². The third kappa shape index (κ3) is 9.98. The van der Waals surface area contributed by atoms with Crippen LogP contribution in [0.1, 0.15) is 42.1 Å². The maximum Gasteiger partial charge on any atom is 0.387 e. The van der Waals surface area contributed by atoms with Crippen molar-refractivity contribution < 1.29 is 18.6 Å². The minimum absolute atomic E-state index is 0. The molecule has 0 aliphatic heterocycles. The number of ether oxygens (including phenoxy) is 1. The number of nitrogens with zero attached hydrogens (tertiary/aromatic N) is 2. The van der Waals surface area contributed by atoms with Crippen molar-refractivity contribution in [1.82, 2.24) is 15.6 Å². The van der Waals surface area contributed by atoms with Gasteiger partial charge in [-0.1, -0.05) is 12.1 Å². The SMILES string of the molecule is CCNC(=NCC(O)c1ccc(OC(F)F)cc1)NCCCCc1nc(C)cs1.I. The quantitative estimate of drug-likeness (QED) is 0.167. The number of hydrogen-bond acceptors (Lipinski definition) is 5. The summed E-state index contributed by atoms with van der Waals surface area (Å²) in [6.07, 6.45) is 2.16. The van der Waals surface area contributed by atoms with E-state index in [1.54, 1.807) is 23.5 Å². The van der Waals surface area contributed by atoms with Crippen molar-refractivity contribution in [2.24, 2.45) is 4.99 Å². The van der Waals surface area contributed by atoms with Crippen molar-refractivity contribution in [3.63, 3.8) is 0 Å². The standard InChI is InChI=1S/C20H28F2N4O2S.HI/c1-3-23-20(24-11-5-4-6-18-26-14(2)13-29-18)25-12-17(27)15-7-9-16(10-8-15)28-19(21)22;/h7-10,13,17,19,27H,3-6,11-12H2,1-2H3,(H2,23,24,25);1H. The first-order chi connectivity index (χ1) is 14.0. The van der Waals surface area contributed by atoms with Gasteiger partial charge in [0, 0.05) is 24.2 Å². The second-order valence-electron chi connectivity index (χ2n) is 6.45. The monoisotopic (exact) mass is 554 g/mol. The second-order valence-corrected chi connectivity index (χ2v) is 7.39. The summed E-state index contributed by atoms with van der Waals surface area (Å²) in [6.45, 7) is 2.74. The predicted octanol–water partition coefficient (Wildman–Crippen LogP) is 4.28. The van der Waals surface area contributed by atoms with Gasteiger partial charge in [0.2, 0.25) is 0 Å². The molecule has 0 saturated carbocycles. The summed E-state index contributed by atoms with van der Waals surface area (Å²) in [6, 6.07) is 5.92. The number of alkyl halides is 2. The minimum atomic E-state index is -2.87. The van der Waals surface area contributed by atoms with Crippen molar-refractivity contribution >= 4 is 41.3 Å². The van der Waals surface area contributed by atoms with E-state index in [2.05, 4.69) is 30.7 Å². The zero-order chi connectivity index (χ0) is 21.1. The molecule has 0 radical (unpaired) electrons. The highest BCUT2D eigenvalue weighted by atomic mass is 127. The van der Waals surface area contributed by atoms with E-state index in [0.717, 1.165) is 36.5 Å². The van der Waals surface area contributed by atoms with E-state index in [1.807, 2.05) is 13.8 Å². The van der Waals surface area contributed by atoms with E-state index in [-0.39, 0.29) is 36.3 Å². The number of benzene rings is 1. The summed E-state index contributed by atoms with van der Waals surface area (Å²) in [7, 11) is 0. The molecule has 1 atom stereocenters. The van der Waals surface area contributed by atoms with E-state index in [0.29, 0.717) is 18.1 Å². The van der Waals surface area contributed by atoms with Gasteiger partial charge in [-0.3, -0.25) is 4.99 Å². The predicted molar refractivity (Wildman–Crippen MR) is 127 cm³/mol. The highest BCUT2D eigenvalue weighted by Gasteiger charge is 2.09. The van der Waals surface area contributed by atoms with Crippen LogP contribution >= 0.6 is 35.3 Å². The lowest BCUT2D eigenvalue weighted by Crippen LogP contribution is -2.38. The normalized spacial score (nSPS) is 12.4. The van der Waals surface area contributed by atoms with Crippen LogP contribution in [0.4, 0.5) is 8.78 Å². The Labute approximate surface area is 197 Å². The van der Waals surface area contributed by atoms with Crippen LogP contribution in [0.3, 0.4) is 0 Å². The summed E-state index contributed by atoms with van der Waals surface area (Å²) in [5.74, 6) is 0.691. The highest BCUT2D eigenvalue weighted by Crippen LogP contribution is 2.19. The topological polar surface area (TPSA) is 78.8 Å². The average molecular weight is 554 g/mol. The van der Waals surface area contributed by atoms with Crippen LogP contribution in [0.15, 0.2) is 34.6 Å². The number of aliphatic hydroxyl groups excluding tert-OH is 1. The number of guanidine groups is 1. The summed E-state index contributed by atoms with van der Waals surface area (Å²) >= 11 is 1.69. The molecule has 0 fully saturated rings. The lowest BCUT2D eigenvalue weighted by Gasteiger charge is -2.13. The Hall–Kier alpha value is -1.53. The van der Waals surface area contributed by atoms with Crippen molar-refractivity contribution in [3.8, 4) is 5.75 Å². The first kappa shape index (κ1) is 26.5. The number of hydrogen-bond donors (Lipinski definition) is 3. The van der Waals surface area contributed by atoms with Crippen LogP contribution in [0.5, 0.6) is 5.75 Å². The fourth-order valence-electron chi connectivity index (χ4n) is 2.62. The molecule has 10 heteroatoms. The first-order valence-electron chi connectivity index (χ1n) is 9.64. The van der Waals surface area contributed by atoms with Crippen molar-refractivity contribution in [2.45, 2.75) is 45.8 Å². The number of nitrogens with one attached hydrogen (secondary N) is 2. The number of unbranched alkanes of at least 4 members (excludes halogenated alkanes) is 1. The van der Waals surface area contributed by atoms with Crippen molar-refractivity contribution in [2.75, 3.05) is 19.6 Å². The Bertz CT molecular complexity index is 760. The van der Waals surface area contributed by atoms with Crippen molar-refractivity contribution in [1.29, 1.82) is 0 Å². The van der Waals surface area contributed by atoms with E-state index in [4.69, 9.17) is 0 Å². The molecule has 168 valence electrons. The van der Waals surface area contributed by atoms with Gasteiger partial charge in [0.25, 0.3) is 0 Å². The van der Waals surface area contributed by atoms with Gasteiger partial charge in [-0.05, 0) is 50.8 Å². The number of aliphatic hydroxyl groups is 1. The van der Waals surface area contributed by atoms with Crippen LogP contribution in [0, 0.1) is 6.92 Å². The number of thiazole rings is 1. The smallest absolute Gasteiger partial charge is 0.387 e. The highest BCUT2D eigenvalue weighted by molar-refractivity contribution is 14.0. The molecule has 6 nitrogen and oxygen atoms in total. The number of rotatable bonds is 11. The van der Waals surface area contributed by atoms with E-state index in [9.17, 15) is 13.9 Å². The Balaban J connectivity index is 0.00000450. The molecule has 1 aromatic heterocycles. The molecule has 0 spiro atoms. The molecule has 1 aromatic carbocycles. The van der Waals surface area contributed by atoms with Crippen molar-refractivity contribution in [3.05, 3.63) is 45.9 Å². The van der Waals surface area contributed by atoms with Gasteiger partial charge < -0.3 is 20.5 Å². The molecule has 30 heavy (non-hydrogen) atoms. The van der Waals surface area contributed by atoms with E-state index >= 15 is 0 Å². The molecule has 3 N–H and O–H groups in total. The Morgan fingerprint density at radius 2 is 1.97 bits per heavy atom. The van der Waals surface area contributed by atoms with Crippen LogP contribution in [0.2, 0.25) is 0 Å². The first-order valence-corrected chi connectivity index (χ1v) is 10.5. The summed E-state index contributed by atoms with van der Waals surface area (Å²) < 4.78 is 28.7. The van der Waals surface area contributed by atoms with Gasteiger partial charge in [0.15, 0.2) is 5.96 Å². The van der Waals surface area contributed by atoms with Gasteiger partial charge >= 0.3 is 6.61 Å². The molecule has 2 rings (SSSR count). The summed E-state index contributed by atoms with van der Waals surface area (Å²) in [4.78, 5) is 8.86. The summed E-state index contributed by atoms with van der Waals surface area (Å²) in [5, 5.41) is 19.9. The minimum Gasteiger partial charge on any atom is -0.435 e. The number of aryl methyl sites for hydroxylation is 2. The fourth-order valence-corrected chi connectivity index (χ4v) is 3.44. The van der Waals surface area contributed by atoms with Gasteiger partial charge in [0.05, 0.1) is 17.7 Å². The fraction of sp³-hybridized carbons (Fsp3) is 0.500. The van der Waals surface area contributed by atoms with E-state index in [1.165, 1.54) is 12.1 Å². The Morgan fingerprint density at radius 3 is 2.57 bits per heavy atom. The zero-order valence-electron chi connectivity index (χ0n) is 17.1. The Kier molecular flexibility index (Phi) is 12.8. The maximum absolute atomic E-state index is 12.2. The lowest BCUT2D eigenvalue weighted by molar-refractivity contribution is -0.0498. The van der Waals surface area contributed by atoms with Gasteiger partial charge in [-0.2, -0.15) is 8.78 Å². The molecule has 0 aliphatic carbocycles. The van der Waals surface area contributed by atoms with Gasteiger partial charge in [0.1, 0.15) is 5.75 Å². The van der Waals surface area contributed by atoms with Gasteiger partial charge in [-0.25, -0.2) is 4.98 Å².